The fourth-order valence-corrected chi connectivity index (χ4v) is 2.27. The van der Waals surface area contributed by atoms with Gasteiger partial charge in [0, 0.05) is 16.7 Å². The van der Waals surface area contributed by atoms with Gasteiger partial charge in [-0.2, -0.15) is 0 Å². The van der Waals surface area contributed by atoms with Crippen LogP contribution in [0.3, 0.4) is 0 Å². The fraction of sp³-hybridized carbons (Fsp3) is 0.188. The molecule has 0 aliphatic carbocycles. The molecule has 0 fully saturated rings. The Morgan fingerprint density at radius 3 is 2.71 bits per heavy atom. The molecule has 0 aliphatic rings. The molecular formula is C16H16BrNO3. The number of hydrogen-bond donors (Lipinski definition) is 1. The number of carbonyl (C=O) groups excluding carboxylic acids is 1. The van der Waals surface area contributed by atoms with Crippen LogP contribution >= 0.6 is 15.9 Å². The topological polar surface area (TPSA) is 47.6 Å². The number of benzene rings is 2. The zero-order chi connectivity index (χ0) is 15.2. The molecule has 0 bridgehead atoms. The highest BCUT2D eigenvalue weighted by Gasteiger charge is 2.06. The first-order valence-electron chi connectivity index (χ1n) is 6.38. The third kappa shape index (κ3) is 3.98. The Balaban J connectivity index is 2.11. The van der Waals surface area contributed by atoms with Crippen molar-refractivity contribution in [1.82, 2.24) is 0 Å². The van der Waals surface area contributed by atoms with Crippen LogP contribution in [-0.2, 0) is 11.3 Å². The first kappa shape index (κ1) is 15.4. The second kappa shape index (κ2) is 7.13. The molecule has 0 unspecified atom stereocenters. The number of methoxy groups -OCH3 is 2. The van der Waals surface area contributed by atoms with E-state index in [2.05, 4.69) is 21.2 Å². The van der Waals surface area contributed by atoms with Gasteiger partial charge in [0.05, 0.1) is 19.8 Å². The highest BCUT2D eigenvalue weighted by Crippen LogP contribution is 2.23. The van der Waals surface area contributed by atoms with Crippen molar-refractivity contribution in [1.29, 1.82) is 0 Å². The summed E-state index contributed by atoms with van der Waals surface area (Å²) in [4.78, 5) is 11.5. The van der Waals surface area contributed by atoms with Crippen molar-refractivity contribution in [3.05, 3.63) is 58.1 Å². The number of nitrogens with one attached hydrogen (secondary N) is 1. The summed E-state index contributed by atoms with van der Waals surface area (Å²) in [5.41, 5.74) is 2.44. The molecule has 1 N–H and O–H groups in total. The van der Waals surface area contributed by atoms with E-state index in [-0.39, 0.29) is 5.97 Å². The molecule has 0 spiro atoms. The number of rotatable bonds is 5. The minimum absolute atomic E-state index is 0.346. The van der Waals surface area contributed by atoms with Crippen LogP contribution in [0.1, 0.15) is 15.9 Å². The normalized spacial score (nSPS) is 10.0. The molecule has 2 aromatic carbocycles. The van der Waals surface area contributed by atoms with Crippen molar-refractivity contribution in [2.24, 2.45) is 0 Å². The van der Waals surface area contributed by atoms with Crippen LogP contribution in [-0.4, -0.2) is 20.2 Å². The Morgan fingerprint density at radius 2 is 2.00 bits per heavy atom. The second-order valence-corrected chi connectivity index (χ2v) is 5.24. The van der Waals surface area contributed by atoms with E-state index in [0.717, 1.165) is 21.5 Å². The van der Waals surface area contributed by atoms with E-state index in [1.807, 2.05) is 30.3 Å². The van der Waals surface area contributed by atoms with Gasteiger partial charge >= 0.3 is 5.97 Å². The molecule has 4 nitrogen and oxygen atoms in total. The lowest BCUT2D eigenvalue weighted by molar-refractivity contribution is 0.0601. The smallest absolute Gasteiger partial charge is 0.337 e. The lowest BCUT2D eigenvalue weighted by Crippen LogP contribution is -2.04. The van der Waals surface area contributed by atoms with Gasteiger partial charge in [0.2, 0.25) is 0 Å². The molecule has 0 radical (unpaired) electrons. The summed E-state index contributed by atoms with van der Waals surface area (Å²) < 4.78 is 10.9. The van der Waals surface area contributed by atoms with Gasteiger partial charge in [0.15, 0.2) is 0 Å². The third-order valence-corrected chi connectivity index (χ3v) is 3.79. The predicted molar refractivity (Wildman–Crippen MR) is 85.8 cm³/mol. The molecule has 2 aromatic rings. The lowest BCUT2D eigenvalue weighted by Gasteiger charge is -2.10. The van der Waals surface area contributed by atoms with Crippen molar-refractivity contribution in [3.8, 4) is 5.75 Å². The number of anilines is 1. The molecule has 0 aromatic heterocycles. The molecule has 110 valence electrons. The molecule has 0 heterocycles. The van der Waals surface area contributed by atoms with Crippen molar-refractivity contribution >= 4 is 27.6 Å². The molecule has 0 saturated carbocycles. The van der Waals surface area contributed by atoms with Gasteiger partial charge in [-0.25, -0.2) is 4.79 Å². The van der Waals surface area contributed by atoms with E-state index in [4.69, 9.17) is 9.47 Å². The summed E-state index contributed by atoms with van der Waals surface area (Å²) in [6.07, 6.45) is 0. The Bertz CT molecular complexity index is 643. The monoisotopic (exact) mass is 349 g/mol. The highest BCUT2D eigenvalue weighted by molar-refractivity contribution is 9.10. The zero-order valence-corrected chi connectivity index (χ0v) is 13.4. The zero-order valence-electron chi connectivity index (χ0n) is 11.9. The van der Waals surface area contributed by atoms with Crippen LogP contribution in [0.2, 0.25) is 0 Å². The maximum absolute atomic E-state index is 11.5. The van der Waals surface area contributed by atoms with Crippen LogP contribution in [0, 0.1) is 0 Å². The number of ether oxygens (including phenoxy) is 2. The first-order valence-corrected chi connectivity index (χ1v) is 7.18. The van der Waals surface area contributed by atoms with Crippen LogP contribution in [0.25, 0.3) is 0 Å². The first-order chi connectivity index (χ1) is 10.1. The lowest BCUT2D eigenvalue weighted by atomic mass is 10.2. The summed E-state index contributed by atoms with van der Waals surface area (Å²) in [7, 11) is 3.01. The summed E-state index contributed by atoms with van der Waals surface area (Å²) in [5, 5.41) is 3.28. The van der Waals surface area contributed by atoms with Crippen LogP contribution in [0.4, 0.5) is 5.69 Å². The molecule has 2 rings (SSSR count). The highest BCUT2D eigenvalue weighted by atomic mass is 79.9. The Hall–Kier alpha value is -2.01. The van der Waals surface area contributed by atoms with Crippen molar-refractivity contribution < 1.29 is 14.3 Å². The van der Waals surface area contributed by atoms with Gasteiger partial charge in [-0.3, -0.25) is 0 Å². The summed E-state index contributed by atoms with van der Waals surface area (Å²) in [5.74, 6) is 0.458. The Morgan fingerprint density at radius 1 is 1.19 bits per heavy atom. The van der Waals surface area contributed by atoms with Gasteiger partial charge < -0.3 is 14.8 Å². The molecule has 0 aliphatic heterocycles. The van der Waals surface area contributed by atoms with Crippen LogP contribution in [0.15, 0.2) is 46.9 Å². The average molecular weight is 350 g/mol. The van der Waals surface area contributed by atoms with Gasteiger partial charge in [-0.15, -0.1) is 0 Å². The molecule has 0 saturated heterocycles. The van der Waals surface area contributed by atoms with Crippen molar-refractivity contribution in [3.63, 3.8) is 0 Å². The SMILES string of the molecule is COC(=O)c1cccc(NCc2cc(OC)ccc2Br)c1. The number of carbonyl (C=O) groups is 1. The van der Waals surface area contributed by atoms with Crippen LogP contribution in [0.5, 0.6) is 5.75 Å². The molecule has 0 atom stereocenters. The van der Waals surface area contributed by atoms with E-state index in [0.29, 0.717) is 12.1 Å². The molecule has 0 amide bonds. The van der Waals surface area contributed by atoms with Crippen molar-refractivity contribution in [2.75, 3.05) is 19.5 Å². The van der Waals surface area contributed by atoms with Gasteiger partial charge in [0.25, 0.3) is 0 Å². The van der Waals surface area contributed by atoms with Gasteiger partial charge in [0.1, 0.15) is 5.75 Å². The largest absolute Gasteiger partial charge is 0.497 e. The van der Waals surface area contributed by atoms with Crippen LogP contribution < -0.4 is 10.1 Å². The quantitative estimate of drug-likeness (QED) is 0.832. The summed E-state index contributed by atoms with van der Waals surface area (Å²) in [6.45, 7) is 0.614. The third-order valence-electron chi connectivity index (χ3n) is 3.02. The summed E-state index contributed by atoms with van der Waals surface area (Å²) in [6, 6.07) is 13.0. The van der Waals surface area contributed by atoms with Gasteiger partial charge in [-0.05, 0) is 42.0 Å². The Kier molecular flexibility index (Phi) is 5.22. The Labute approximate surface area is 132 Å². The van der Waals surface area contributed by atoms with Gasteiger partial charge in [-0.1, -0.05) is 22.0 Å². The van der Waals surface area contributed by atoms with E-state index in [9.17, 15) is 4.79 Å². The maximum Gasteiger partial charge on any atom is 0.337 e. The number of halogens is 1. The fourth-order valence-electron chi connectivity index (χ4n) is 1.88. The molecular weight excluding hydrogens is 334 g/mol. The second-order valence-electron chi connectivity index (χ2n) is 4.38. The minimum atomic E-state index is -0.346. The number of hydrogen-bond acceptors (Lipinski definition) is 4. The van der Waals surface area contributed by atoms with E-state index < -0.39 is 0 Å². The number of esters is 1. The summed E-state index contributed by atoms with van der Waals surface area (Å²) >= 11 is 3.51. The van der Waals surface area contributed by atoms with E-state index in [1.54, 1.807) is 19.2 Å². The molecule has 21 heavy (non-hydrogen) atoms. The molecule has 5 heteroatoms. The van der Waals surface area contributed by atoms with E-state index >= 15 is 0 Å². The average Bonchev–Trinajstić information content (AvgIpc) is 2.53. The minimum Gasteiger partial charge on any atom is -0.497 e. The maximum atomic E-state index is 11.5. The standard InChI is InChI=1S/C16H16BrNO3/c1-20-14-6-7-15(17)12(9-14)10-18-13-5-3-4-11(8-13)16(19)21-2/h3-9,18H,10H2,1-2H3. The van der Waals surface area contributed by atoms with Crippen molar-refractivity contribution in [2.45, 2.75) is 6.54 Å². The predicted octanol–water partition coefficient (Wildman–Crippen LogP) is 3.86. The van der Waals surface area contributed by atoms with E-state index in [1.165, 1.54) is 7.11 Å².